The summed E-state index contributed by atoms with van der Waals surface area (Å²) in [6, 6.07) is 74.0. The molecule has 0 aliphatic heterocycles. The van der Waals surface area contributed by atoms with Gasteiger partial charge in [-0.1, -0.05) is 176 Å². The van der Waals surface area contributed by atoms with E-state index < -0.39 is 0 Å². The summed E-state index contributed by atoms with van der Waals surface area (Å²) in [6.45, 7) is 0. The third-order valence-corrected chi connectivity index (χ3v) is 10.4. The Morgan fingerprint density at radius 1 is 0.321 bits per heavy atom. The molecule has 0 unspecified atom stereocenters. The molecule has 0 atom stereocenters. The highest BCUT2D eigenvalue weighted by molar-refractivity contribution is 6.21. The van der Waals surface area contributed by atoms with Gasteiger partial charge in [0.1, 0.15) is 5.82 Å². The Morgan fingerprint density at radius 3 is 1.45 bits per heavy atom. The van der Waals surface area contributed by atoms with Crippen LogP contribution in [-0.2, 0) is 0 Å². The lowest BCUT2D eigenvalue weighted by Crippen LogP contribution is -1.99. The standard InChI is InChI=1S/C51H34N2/c1-3-17-35(18-4-1)37-21-15-22-38(33-37)49-42-26-8-10-28-44(42)50(45-29-11-9-27-43(45)49)39-23-16-24-40(34-39)53-48-32-14-13-31-47(48)52-51(53)46-30-12-7-25-41(46)36-19-5-2-6-20-36/h1-34H. The van der Waals surface area contributed by atoms with Crippen LogP contribution in [0.25, 0.3) is 94.2 Å². The molecule has 2 heteroatoms. The summed E-state index contributed by atoms with van der Waals surface area (Å²) in [6.07, 6.45) is 0. The van der Waals surface area contributed by atoms with Crippen LogP contribution >= 0.6 is 0 Å². The number of nitrogens with zero attached hydrogens (tertiary/aromatic N) is 2. The zero-order valence-corrected chi connectivity index (χ0v) is 29.0. The van der Waals surface area contributed by atoms with E-state index in [0.29, 0.717) is 0 Å². The summed E-state index contributed by atoms with van der Waals surface area (Å²) in [5.74, 6) is 0.922. The first-order chi connectivity index (χ1) is 26.3. The first kappa shape index (κ1) is 30.8. The number of para-hydroxylation sites is 2. The highest BCUT2D eigenvalue weighted by Gasteiger charge is 2.20. The lowest BCUT2D eigenvalue weighted by Gasteiger charge is -2.19. The highest BCUT2D eigenvalue weighted by atomic mass is 15.1. The first-order valence-electron chi connectivity index (χ1n) is 18.1. The molecule has 0 N–H and O–H groups in total. The minimum Gasteiger partial charge on any atom is -0.292 e. The summed E-state index contributed by atoms with van der Waals surface area (Å²) in [5.41, 5.74) is 13.8. The van der Waals surface area contributed by atoms with Gasteiger partial charge in [0.05, 0.1) is 11.0 Å². The van der Waals surface area contributed by atoms with Crippen molar-refractivity contribution >= 4 is 32.6 Å². The number of aromatic nitrogens is 2. The first-order valence-corrected chi connectivity index (χ1v) is 18.1. The molecular weight excluding hydrogens is 641 g/mol. The lowest BCUT2D eigenvalue weighted by molar-refractivity contribution is 1.10. The molecular formula is C51H34N2. The minimum absolute atomic E-state index is 0.922. The summed E-state index contributed by atoms with van der Waals surface area (Å²) >= 11 is 0. The van der Waals surface area contributed by atoms with Crippen molar-refractivity contribution in [1.29, 1.82) is 0 Å². The number of hydrogen-bond acceptors (Lipinski definition) is 1. The molecule has 1 aromatic heterocycles. The van der Waals surface area contributed by atoms with Gasteiger partial charge in [-0.2, -0.15) is 0 Å². The Morgan fingerprint density at radius 2 is 0.792 bits per heavy atom. The minimum atomic E-state index is 0.922. The molecule has 0 spiro atoms. The van der Waals surface area contributed by atoms with Crippen molar-refractivity contribution in [2.24, 2.45) is 0 Å². The second-order valence-electron chi connectivity index (χ2n) is 13.5. The maximum atomic E-state index is 5.28. The molecule has 0 radical (unpaired) electrons. The maximum Gasteiger partial charge on any atom is 0.146 e. The van der Waals surface area contributed by atoms with E-state index in [1.807, 2.05) is 0 Å². The second kappa shape index (κ2) is 12.9. The average molecular weight is 675 g/mol. The molecule has 0 bridgehead atoms. The molecule has 0 fully saturated rings. The Balaban J connectivity index is 1.20. The molecule has 0 aliphatic rings. The molecule has 0 aliphatic carbocycles. The van der Waals surface area contributed by atoms with Crippen molar-refractivity contribution in [3.63, 3.8) is 0 Å². The lowest BCUT2D eigenvalue weighted by atomic mass is 9.85. The van der Waals surface area contributed by atoms with Crippen molar-refractivity contribution < 1.29 is 0 Å². The van der Waals surface area contributed by atoms with Gasteiger partial charge in [0.15, 0.2) is 0 Å². The third-order valence-electron chi connectivity index (χ3n) is 10.4. The van der Waals surface area contributed by atoms with E-state index in [1.54, 1.807) is 0 Å². The second-order valence-corrected chi connectivity index (χ2v) is 13.5. The molecule has 53 heavy (non-hydrogen) atoms. The fourth-order valence-electron chi connectivity index (χ4n) is 8.05. The predicted molar refractivity (Wildman–Crippen MR) is 223 cm³/mol. The zero-order valence-electron chi connectivity index (χ0n) is 29.0. The van der Waals surface area contributed by atoms with Crippen LogP contribution in [-0.4, -0.2) is 9.55 Å². The van der Waals surface area contributed by atoms with Crippen LogP contribution < -0.4 is 0 Å². The molecule has 10 rings (SSSR count). The fraction of sp³-hybridized carbons (Fsp3) is 0. The van der Waals surface area contributed by atoms with Gasteiger partial charge in [0.25, 0.3) is 0 Å². The van der Waals surface area contributed by atoms with Crippen molar-refractivity contribution in [3.8, 4) is 61.6 Å². The van der Waals surface area contributed by atoms with Crippen LogP contribution in [0.2, 0.25) is 0 Å². The van der Waals surface area contributed by atoms with Gasteiger partial charge >= 0.3 is 0 Å². The normalized spacial score (nSPS) is 11.4. The average Bonchev–Trinajstić information content (AvgIpc) is 3.63. The van der Waals surface area contributed by atoms with E-state index in [-0.39, 0.29) is 0 Å². The van der Waals surface area contributed by atoms with Gasteiger partial charge in [0.2, 0.25) is 0 Å². The maximum absolute atomic E-state index is 5.28. The monoisotopic (exact) mass is 674 g/mol. The molecule has 248 valence electrons. The Bertz CT molecular complexity index is 2880. The molecule has 0 amide bonds. The van der Waals surface area contributed by atoms with Crippen molar-refractivity contribution in [3.05, 3.63) is 206 Å². The van der Waals surface area contributed by atoms with E-state index in [0.717, 1.165) is 33.7 Å². The van der Waals surface area contributed by atoms with Crippen LogP contribution in [0, 0.1) is 0 Å². The van der Waals surface area contributed by atoms with Crippen LogP contribution in [0.15, 0.2) is 206 Å². The largest absolute Gasteiger partial charge is 0.292 e. The predicted octanol–water partition coefficient (Wildman–Crippen LogP) is 13.7. The van der Waals surface area contributed by atoms with E-state index in [4.69, 9.17) is 4.98 Å². The van der Waals surface area contributed by atoms with E-state index in [2.05, 4.69) is 211 Å². The van der Waals surface area contributed by atoms with Crippen molar-refractivity contribution in [2.75, 3.05) is 0 Å². The van der Waals surface area contributed by atoms with Crippen LogP contribution in [0.1, 0.15) is 0 Å². The Labute approximate surface area is 308 Å². The van der Waals surface area contributed by atoms with Crippen LogP contribution in [0.5, 0.6) is 0 Å². The topological polar surface area (TPSA) is 17.8 Å². The summed E-state index contributed by atoms with van der Waals surface area (Å²) < 4.78 is 2.33. The van der Waals surface area contributed by atoms with Gasteiger partial charge in [-0.3, -0.25) is 4.57 Å². The quantitative estimate of drug-likeness (QED) is 0.161. The zero-order chi connectivity index (χ0) is 35.1. The van der Waals surface area contributed by atoms with Crippen molar-refractivity contribution in [2.45, 2.75) is 0 Å². The summed E-state index contributed by atoms with van der Waals surface area (Å²) in [5, 5.41) is 4.94. The highest BCUT2D eigenvalue weighted by Crippen LogP contribution is 2.45. The van der Waals surface area contributed by atoms with E-state index in [9.17, 15) is 0 Å². The molecule has 1 heterocycles. The van der Waals surface area contributed by atoms with Crippen LogP contribution in [0.3, 0.4) is 0 Å². The van der Waals surface area contributed by atoms with Gasteiger partial charge in [0, 0.05) is 11.3 Å². The smallest absolute Gasteiger partial charge is 0.146 e. The van der Waals surface area contributed by atoms with E-state index >= 15 is 0 Å². The third kappa shape index (κ3) is 5.32. The molecule has 9 aromatic carbocycles. The molecule has 2 nitrogen and oxygen atoms in total. The number of rotatable bonds is 6. The van der Waals surface area contributed by atoms with Gasteiger partial charge in [-0.25, -0.2) is 4.98 Å². The van der Waals surface area contributed by atoms with Crippen molar-refractivity contribution in [1.82, 2.24) is 9.55 Å². The van der Waals surface area contributed by atoms with Crippen LogP contribution in [0.4, 0.5) is 0 Å². The SMILES string of the molecule is c1ccc(-c2cccc(-c3c4ccccc4c(-c4cccc(-n5c(-c6ccccc6-c6ccccc6)nc6ccccc65)c4)c4ccccc34)c2)cc1. The van der Waals surface area contributed by atoms with Gasteiger partial charge in [-0.15, -0.1) is 0 Å². The molecule has 0 saturated heterocycles. The fourth-order valence-corrected chi connectivity index (χ4v) is 8.05. The molecule has 0 saturated carbocycles. The Hall–Kier alpha value is -7.03. The summed E-state index contributed by atoms with van der Waals surface area (Å²) in [4.78, 5) is 5.28. The Kier molecular flexibility index (Phi) is 7.51. The number of benzene rings is 9. The summed E-state index contributed by atoms with van der Waals surface area (Å²) in [7, 11) is 0. The van der Waals surface area contributed by atoms with E-state index in [1.165, 1.54) is 60.5 Å². The number of hydrogen-bond donors (Lipinski definition) is 0. The number of fused-ring (bicyclic) bond motifs is 3. The number of imidazole rings is 1. The van der Waals surface area contributed by atoms with Gasteiger partial charge in [-0.05, 0) is 96.4 Å². The molecule has 10 aromatic rings. The van der Waals surface area contributed by atoms with Gasteiger partial charge < -0.3 is 0 Å².